The average molecular weight is 834 g/mol. The molecule has 0 saturated heterocycles. The standard InChI is InChI=1S/C61H39NO3/c1-61(2)51-19-8-5-14-44(51)45-30-28-41(33-52(45)61)62(40-26-24-37(25-27-40)43-17-11-18-48-46-15-6-9-20-53(46)64-59(43)48)42-29-31-47-50-35-56-58(49-16-7-10-21-54(49)63-56)57(60(50)65-55(47)34-42)39-23-22-36-12-3-4-13-38(36)32-39/h3-35H,1-2H3. The van der Waals surface area contributed by atoms with Gasteiger partial charge in [0.25, 0.3) is 0 Å². The molecule has 13 aromatic rings. The molecule has 1 aliphatic rings. The van der Waals surface area contributed by atoms with Gasteiger partial charge in [-0.25, -0.2) is 0 Å². The third kappa shape index (κ3) is 5.25. The van der Waals surface area contributed by atoms with E-state index in [1.807, 2.05) is 24.3 Å². The quantitative estimate of drug-likeness (QED) is 0.173. The molecule has 10 aromatic carbocycles. The predicted octanol–water partition coefficient (Wildman–Crippen LogP) is 17.6. The van der Waals surface area contributed by atoms with Gasteiger partial charge < -0.3 is 18.2 Å². The number of fused-ring (bicyclic) bond motifs is 13. The molecule has 0 spiro atoms. The Hall–Kier alpha value is -8.34. The van der Waals surface area contributed by atoms with Crippen molar-refractivity contribution in [1.82, 2.24) is 0 Å². The van der Waals surface area contributed by atoms with Gasteiger partial charge in [0.1, 0.15) is 33.5 Å². The molecule has 0 aliphatic heterocycles. The summed E-state index contributed by atoms with van der Waals surface area (Å²) < 4.78 is 20.2. The molecule has 4 heteroatoms. The summed E-state index contributed by atoms with van der Waals surface area (Å²) in [5.41, 5.74) is 17.7. The molecule has 65 heavy (non-hydrogen) atoms. The maximum atomic E-state index is 7.15. The van der Waals surface area contributed by atoms with E-state index in [0.717, 1.165) is 105 Å². The lowest BCUT2D eigenvalue weighted by atomic mass is 9.82. The number of anilines is 3. The highest BCUT2D eigenvalue weighted by molar-refractivity contribution is 6.24. The highest BCUT2D eigenvalue weighted by Gasteiger charge is 2.36. The van der Waals surface area contributed by atoms with Crippen LogP contribution in [0.5, 0.6) is 0 Å². The van der Waals surface area contributed by atoms with Crippen molar-refractivity contribution >= 4 is 93.7 Å². The van der Waals surface area contributed by atoms with Gasteiger partial charge in [-0.05, 0) is 105 Å². The van der Waals surface area contributed by atoms with Crippen LogP contribution in [-0.4, -0.2) is 0 Å². The zero-order valence-corrected chi connectivity index (χ0v) is 35.7. The van der Waals surface area contributed by atoms with Gasteiger partial charge >= 0.3 is 0 Å². The first-order valence-electron chi connectivity index (χ1n) is 22.3. The topological polar surface area (TPSA) is 42.7 Å². The van der Waals surface area contributed by atoms with Crippen molar-refractivity contribution < 1.29 is 13.3 Å². The molecular formula is C61H39NO3. The lowest BCUT2D eigenvalue weighted by Gasteiger charge is -2.28. The summed E-state index contributed by atoms with van der Waals surface area (Å²) in [7, 11) is 0. The van der Waals surface area contributed by atoms with Crippen molar-refractivity contribution in [3.8, 4) is 33.4 Å². The highest BCUT2D eigenvalue weighted by Crippen LogP contribution is 2.52. The van der Waals surface area contributed by atoms with Gasteiger partial charge in [0.15, 0.2) is 0 Å². The number of hydrogen-bond acceptors (Lipinski definition) is 4. The molecule has 0 amide bonds. The number of rotatable bonds is 5. The molecule has 1 aliphatic carbocycles. The Morgan fingerprint density at radius 2 is 0.985 bits per heavy atom. The molecule has 306 valence electrons. The van der Waals surface area contributed by atoms with Crippen molar-refractivity contribution in [1.29, 1.82) is 0 Å². The molecule has 3 aromatic heterocycles. The van der Waals surface area contributed by atoms with E-state index in [1.54, 1.807) is 0 Å². The molecule has 0 saturated carbocycles. The summed E-state index contributed by atoms with van der Waals surface area (Å²) in [4.78, 5) is 2.36. The number of para-hydroxylation sites is 3. The number of furan rings is 3. The summed E-state index contributed by atoms with van der Waals surface area (Å²) in [6, 6.07) is 71.7. The van der Waals surface area contributed by atoms with Crippen molar-refractivity contribution in [2.75, 3.05) is 4.90 Å². The average Bonchev–Trinajstić information content (AvgIpc) is 4.09. The van der Waals surface area contributed by atoms with Gasteiger partial charge in [-0.3, -0.25) is 0 Å². The molecule has 14 rings (SSSR count). The molecule has 0 fully saturated rings. The lowest BCUT2D eigenvalue weighted by Crippen LogP contribution is -2.16. The minimum Gasteiger partial charge on any atom is -0.456 e. The summed E-state index contributed by atoms with van der Waals surface area (Å²) in [6.07, 6.45) is 0. The van der Waals surface area contributed by atoms with Crippen LogP contribution >= 0.6 is 0 Å². The molecule has 3 heterocycles. The van der Waals surface area contributed by atoms with E-state index < -0.39 is 0 Å². The lowest BCUT2D eigenvalue weighted by molar-refractivity contribution is 0.660. The van der Waals surface area contributed by atoms with Crippen LogP contribution in [0.25, 0.3) is 110 Å². The summed E-state index contributed by atoms with van der Waals surface area (Å²) in [5, 5.41) is 8.81. The first kappa shape index (κ1) is 36.2. The Kier molecular flexibility index (Phi) is 7.42. The molecule has 0 unspecified atom stereocenters. The summed E-state index contributed by atoms with van der Waals surface area (Å²) in [6.45, 7) is 4.68. The SMILES string of the molecule is CC1(C)c2ccccc2-c2ccc(N(c3ccc(-c4cccc5c4oc4ccccc45)cc3)c3ccc4c(c3)oc3c(-c5ccc6ccccc6c5)c5c(cc34)oc3ccccc35)cc21. The van der Waals surface area contributed by atoms with Crippen LogP contribution in [0, 0.1) is 0 Å². The fraction of sp³-hybridized carbons (Fsp3) is 0.0492. The maximum Gasteiger partial charge on any atom is 0.144 e. The molecule has 0 bridgehead atoms. The van der Waals surface area contributed by atoms with Crippen molar-refractivity contribution in [3.05, 3.63) is 211 Å². The smallest absolute Gasteiger partial charge is 0.144 e. The first-order chi connectivity index (χ1) is 32.0. The highest BCUT2D eigenvalue weighted by atomic mass is 16.3. The Labute approximate surface area is 374 Å². The zero-order chi connectivity index (χ0) is 43.0. The first-order valence-corrected chi connectivity index (χ1v) is 22.3. The Morgan fingerprint density at radius 1 is 0.354 bits per heavy atom. The molecule has 0 atom stereocenters. The van der Waals surface area contributed by atoms with E-state index in [1.165, 1.54) is 33.0 Å². The van der Waals surface area contributed by atoms with Gasteiger partial charge in [0, 0.05) is 72.0 Å². The fourth-order valence-electron chi connectivity index (χ4n) is 10.9. The molecule has 0 N–H and O–H groups in total. The fourth-order valence-corrected chi connectivity index (χ4v) is 10.9. The Bertz CT molecular complexity index is 4100. The van der Waals surface area contributed by atoms with E-state index in [2.05, 4.69) is 195 Å². The van der Waals surface area contributed by atoms with Gasteiger partial charge in [-0.2, -0.15) is 0 Å². The van der Waals surface area contributed by atoms with Gasteiger partial charge in [0.05, 0.1) is 0 Å². The van der Waals surface area contributed by atoms with E-state index in [-0.39, 0.29) is 5.41 Å². The van der Waals surface area contributed by atoms with Gasteiger partial charge in [-0.15, -0.1) is 0 Å². The zero-order valence-electron chi connectivity index (χ0n) is 35.7. The van der Waals surface area contributed by atoms with E-state index in [0.29, 0.717) is 0 Å². The maximum absolute atomic E-state index is 7.15. The normalized spacial score (nSPS) is 13.2. The largest absolute Gasteiger partial charge is 0.456 e. The minimum absolute atomic E-state index is 0.161. The van der Waals surface area contributed by atoms with Gasteiger partial charge in [-0.1, -0.05) is 147 Å². The van der Waals surface area contributed by atoms with Crippen LogP contribution in [0.1, 0.15) is 25.0 Å². The van der Waals surface area contributed by atoms with Crippen LogP contribution in [0.15, 0.2) is 213 Å². The summed E-state index contributed by atoms with van der Waals surface area (Å²) >= 11 is 0. The van der Waals surface area contributed by atoms with Crippen LogP contribution in [0.4, 0.5) is 17.1 Å². The second kappa shape index (κ2) is 13.3. The predicted molar refractivity (Wildman–Crippen MR) is 269 cm³/mol. The van der Waals surface area contributed by atoms with Crippen LogP contribution < -0.4 is 4.90 Å². The Morgan fingerprint density at radius 3 is 1.86 bits per heavy atom. The van der Waals surface area contributed by atoms with E-state index >= 15 is 0 Å². The third-order valence-corrected chi connectivity index (χ3v) is 14.0. The number of nitrogens with zero attached hydrogens (tertiary/aromatic N) is 1. The molecule has 4 nitrogen and oxygen atoms in total. The van der Waals surface area contributed by atoms with Crippen molar-refractivity contribution in [2.45, 2.75) is 19.3 Å². The minimum atomic E-state index is -0.161. The van der Waals surface area contributed by atoms with Crippen molar-refractivity contribution in [3.63, 3.8) is 0 Å². The number of benzene rings is 10. The van der Waals surface area contributed by atoms with Crippen LogP contribution in [-0.2, 0) is 5.41 Å². The van der Waals surface area contributed by atoms with E-state index in [9.17, 15) is 0 Å². The van der Waals surface area contributed by atoms with Crippen LogP contribution in [0.2, 0.25) is 0 Å². The summed E-state index contributed by atoms with van der Waals surface area (Å²) in [5.74, 6) is 0. The monoisotopic (exact) mass is 833 g/mol. The Balaban J connectivity index is 0.968. The molecular weight excluding hydrogens is 795 g/mol. The second-order valence-corrected chi connectivity index (χ2v) is 18.0. The third-order valence-electron chi connectivity index (χ3n) is 14.0. The second-order valence-electron chi connectivity index (χ2n) is 18.0. The van der Waals surface area contributed by atoms with E-state index in [4.69, 9.17) is 13.3 Å². The number of hydrogen-bond donors (Lipinski definition) is 0. The van der Waals surface area contributed by atoms with Crippen LogP contribution in [0.3, 0.4) is 0 Å². The van der Waals surface area contributed by atoms with Crippen molar-refractivity contribution in [2.24, 2.45) is 0 Å². The molecule has 0 radical (unpaired) electrons. The van der Waals surface area contributed by atoms with Gasteiger partial charge in [0.2, 0.25) is 0 Å².